The van der Waals surface area contributed by atoms with Gasteiger partial charge in [0.05, 0.1) is 12.2 Å². The second-order valence-corrected chi connectivity index (χ2v) is 8.86. The number of nitrogens with zero attached hydrogens (tertiary/aromatic N) is 4. The van der Waals surface area contributed by atoms with Gasteiger partial charge < -0.3 is 10.2 Å². The van der Waals surface area contributed by atoms with Crippen LogP contribution in [0.4, 0.5) is 0 Å². The summed E-state index contributed by atoms with van der Waals surface area (Å²) in [4.78, 5) is 15.5. The van der Waals surface area contributed by atoms with E-state index in [4.69, 9.17) is 4.98 Å². The average Bonchev–Trinajstić information content (AvgIpc) is 3.01. The molecule has 2 heterocycles. The number of aliphatic imine (C=N–C) groups is 1. The quantitative estimate of drug-likeness (QED) is 0.387. The van der Waals surface area contributed by atoms with Crippen molar-refractivity contribution in [1.29, 1.82) is 0 Å². The fraction of sp³-hybridized carbons (Fsp3) is 0.765. The van der Waals surface area contributed by atoms with E-state index in [1.807, 2.05) is 18.4 Å². The Labute approximate surface area is 177 Å². The van der Waals surface area contributed by atoms with Crippen LogP contribution in [0.1, 0.15) is 28.4 Å². The largest absolute Gasteiger partial charge is 0.355 e. The lowest BCUT2D eigenvalue weighted by atomic mass is 10.0. The molecule has 0 spiro atoms. The molecule has 2 aliphatic rings. The van der Waals surface area contributed by atoms with E-state index in [-0.39, 0.29) is 24.0 Å². The minimum Gasteiger partial charge on any atom is -0.355 e. The molecular formula is C17H30IN5S2. The summed E-state index contributed by atoms with van der Waals surface area (Å²) in [6.07, 6.45) is 5.00. The van der Waals surface area contributed by atoms with Crippen molar-refractivity contribution in [2.45, 2.75) is 32.2 Å². The van der Waals surface area contributed by atoms with Crippen LogP contribution in [0, 0.1) is 0 Å². The smallest absolute Gasteiger partial charge is 0.193 e. The first kappa shape index (κ1) is 21.2. The Kier molecular flexibility index (Phi) is 9.29. The van der Waals surface area contributed by atoms with E-state index in [1.165, 1.54) is 59.4 Å². The van der Waals surface area contributed by atoms with Crippen molar-refractivity contribution >= 4 is 53.0 Å². The average molecular weight is 496 g/mol. The predicted molar refractivity (Wildman–Crippen MR) is 121 cm³/mol. The van der Waals surface area contributed by atoms with Crippen LogP contribution >= 0.6 is 47.1 Å². The van der Waals surface area contributed by atoms with Crippen molar-refractivity contribution in [3.63, 3.8) is 0 Å². The van der Waals surface area contributed by atoms with Crippen LogP contribution in [0.15, 0.2) is 4.99 Å². The van der Waals surface area contributed by atoms with Crippen LogP contribution in [-0.4, -0.2) is 72.5 Å². The number of aryl methyl sites for hydroxylation is 2. The van der Waals surface area contributed by atoms with Gasteiger partial charge in [-0.2, -0.15) is 11.8 Å². The number of aromatic nitrogens is 1. The number of thioether (sulfide) groups is 1. The third kappa shape index (κ3) is 6.25. The van der Waals surface area contributed by atoms with Gasteiger partial charge in [-0.1, -0.05) is 0 Å². The van der Waals surface area contributed by atoms with Crippen molar-refractivity contribution in [3.05, 3.63) is 15.6 Å². The molecule has 25 heavy (non-hydrogen) atoms. The number of rotatable bonds is 5. The molecule has 0 unspecified atom stereocenters. The monoisotopic (exact) mass is 495 g/mol. The summed E-state index contributed by atoms with van der Waals surface area (Å²) in [7, 11) is 3.97. The lowest BCUT2D eigenvalue weighted by Crippen LogP contribution is -2.43. The first-order valence-electron chi connectivity index (χ1n) is 8.95. The molecule has 0 aromatic carbocycles. The molecule has 142 valence electrons. The van der Waals surface area contributed by atoms with E-state index in [1.54, 1.807) is 0 Å². The molecule has 5 nitrogen and oxygen atoms in total. The summed E-state index contributed by atoms with van der Waals surface area (Å²) in [5, 5.41) is 4.73. The lowest BCUT2D eigenvalue weighted by Gasteiger charge is -2.27. The van der Waals surface area contributed by atoms with Gasteiger partial charge in [-0.3, -0.25) is 9.89 Å². The number of hydrogen-bond acceptors (Lipinski definition) is 5. The SMILES string of the molecule is CN=C(NCCN1CCSCC1)N(C)Cc1nc2c(s1)CCCC2.I. The second-order valence-electron chi connectivity index (χ2n) is 6.47. The molecule has 0 amide bonds. The summed E-state index contributed by atoms with van der Waals surface area (Å²) in [5.74, 6) is 3.50. The second kappa shape index (κ2) is 10.9. The molecular weight excluding hydrogens is 465 g/mol. The van der Waals surface area contributed by atoms with Gasteiger partial charge in [-0.15, -0.1) is 35.3 Å². The molecule has 8 heteroatoms. The Morgan fingerprint density at radius 3 is 2.76 bits per heavy atom. The number of guanidine groups is 1. The maximum atomic E-state index is 4.84. The van der Waals surface area contributed by atoms with Crippen molar-refractivity contribution in [3.8, 4) is 0 Å². The van der Waals surface area contributed by atoms with E-state index in [9.17, 15) is 0 Å². The number of fused-ring (bicyclic) bond motifs is 1. The summed E-state index contributed by atoms with van der Waals surface area (Å²) < 4.78 is 0. The highest BCUT2D eigenvalue weighted by Gasteiger charge is 2.17. The van der Waals surface area contributed by atoms with Gasteiger partial charge in [0.1, 0.15) is 5.01 Å². The van der Waals surface area contributed by atoms with Crippen molar-refractivity contribution in [2.75, 3.05) is 51.8 Å². The van der Waals surface area contributed by atoms with Crippen LogP contribution < -0.4 is 5.32 Å². The normalized spacial score (nSPS) is 18.4. The lowest BCUT2D eigenvalue weighted by molar-refractivity contribution is 0.305. The minimum absolute atomic E-state index is 0. The standard InChI is InChI=1S/C17H29N5S2.HI/c1-18-17(19-7-8-22-9-11-23-12-10-22)21(2)13-16-20-14-5-3-4-6-15(14)24-16;/h3-13H2,1-2H3,(H,18,19);1H. The maximum Gasteiger partial charge on any atom is 0.193 e. The molecule has 1 aliphatic heterocycles. The summed E-state index contributed by atoms with van der Waals surface area (Å²) >= 11 is 3.95. The zero-order valence-electron chi connectivity index (χ0n) is 15.3. The molecule has 1 aromatic heterocycles. The summed E-state index contributed by atoms with van der Waals surface area (Å²) in [6, 6.07) is 0. The molecule has 1 saturated heterocycles. The third-order valence-corrected chi connectivity index (χ3v) is 6.74. The van der Waals surface area contributed by atoms with Crippen LogP contribution in [0.5, 0.6) is 0 Å². The van der Waals surface area contributed by atoms with E-state index in [2.05, 4.69) is 38.9 Å². The maximum absolute atomic E-state index is 4.84. The van der Waals surface area contributed by atoms with Crippen LogP contribution in [0.2, 0.25) is 0 Å². The van der Waals surface area contributed by atoms with Gasteiger partial charge in [0.25, 0.3) is 0 Å². The van der Waals surface area contributed by atoms with Gasteiger partial charge in [0.2, 0.25) is 0 Å². The van der Waals surface area contributed by atoms with Crippen molar-refractivity contribution < 1.29 is 0 Å². The Morgan fingerprint density at radius 2 is 2.04 bits per heavy atom. The fourth-order valence-corrected chi connectivity index (χ4v) is 5.48. The highest BCUT2D eigenvalue weighted by Crippen LogP contribution is 2.27. The predicted octanol–water partition coefficient (Wildman–Crippen LogP) is 2.70. The van der Waals surface area contributed by atoms with Crippen LogP contribution in [0.25, 0.3) is 0 Å². The first-order valence-corrected chi connectivity index (χ1v) is 10.9. The van der Waals surface area contributed by atoms with Crippen LogP contribution in [-0.2, 0) is 19.4 Å². The Hall–Kier alpha value is -0.0600. The van der Waals surface area contributed by atoms with Gasteiger partial charge >= 0.3 is 0 Å². The van der Waals surface area contributed by atoms with Crippen molar-refractivity contribution in [2.24, 2.45) is 4.99 Å². The van der Waals surface area contributed by atoms with Gasteiger partial charge in [-0.25, -0.2) is 4.98 Å². The highest BCUT2D eigenvalue weighted by molar-refractivity contribution is 14.0. The number of nitrogens with one attached hydrogen (secondary N) is 1. The molecule has 1 aromatic rings. The van der Waals surface area contributed by atoms with Crippen LogP contribution in [0.3, 0.4) is 0 Å². The summed E-state index contributed by atoms with van der Waals surface area (Å²) in [6.45, 7) is 5.32. The first-order chi connectivity index (χ1) is 11.8. The van der Waals surface area contributed by atoms with Crippen molar-refractivity contribution in [1.82, 2.24) is 20.1 Å². The van der Waals surface area contributed by atoms with E-state index >= 15 is 0 Å². The molecule has 1 N–H and O–H groups in total. The molecule has 3 rings (SSSR count). The highest BCUT2D eigenvalue weighted by atomic mass is 127. The number of halogens is 1. The van der Waals surface area contributed by atoms with E-state index in [0.717, 1.165) is 32.0 Å². The summed E-state index contributed by atoms with van der Waals surface area (Å²) in [5.41, 5.74) is 1.35. The molecule has 1 fully saturated rings. The molecule has 0 bridgehead atoms. The van der Waals surface area contributed by atoms with E-state index < -0.39 is 0 Å². The Morgan fingerprint density at radius 1 is 1.28 bits per heavy atom. The molecule has 0 saturated carbocycles. The fourth-order valence-electron chi connectivity index (χ4n) is 3.29. The van der Waals surface area contributed by atoms with Gasteiger partial charge in [-0.05, 0) is 25.7 Å². The number of thiazole rings is 1. The zero-order chi connectivity index (χ0) is 16.8. The van der Waals surface area contributed by atoms with Gasteiger partial charge in [0.15, 0.2) is 5.96 Å². The zero-order valence-corrected chi connectivity index (χ0v) is 19.3. The third-order valence-electron chi connectivity index (χ3n) is 4.65. The van der Waals surface area contributed by atoms with E-state index in [0.29, 0.717) is 0 Å². The Balaban J connectivity index is 0.00000225. The topological polar surface area (TPSA) is 43.8 Å². The molecule has 0 atom stereocenters. The minimum atomic E-state index is 0. The Bertz CT molecular complexity index is 534. The van der Waals surface area contributed by atoms with Gasteiger partial charge in [0, 0.05) is 56.7 Å². The number of hydrogen-bond donors (Lipinski definition) is 1. The molecule has 1 aliphatic carbocycles. The molecule has 0 radical (unpaired) electrons.